The molecule has 0 bridgehead atoms. The first-order chi connectivity index (χ1) is 12.9. The molecule has 3 aliphatic heterocycles. The summed E-state index contributed by atoms with van der Waals surface area (Å²) in [6, 6.07) is 0.627. The Labute approximate surface area is 163 Å². The summed E-state index contributed by atoms with van der Waals surface area (Å²) in [5.74, 6) is 0.198. The van der Waals surface area contributed by atoms with E-state index in [2.05, 4.69) is 23.6 Å². The van der Waals surface area contributed by atoms with Crippen LogP contribution < -0.4 is 0 Å². The molecule has 7 nitrogen and oxygen atoms in total. The lowest BCUT2D eigenvalue weighted by molar-refractivity contribution is -0.134. The lowest BCUT2D eigenvalue weighted by Gasteiger charge is -2.37. The third kappa shape index (κ3) is 4.93. The number of amides is 2. The molecule has 3 rings (SSSR count). The summed E-state index contributed by atoms with van der Waals surface area (Å²) in [5.41, 5.74) is -0.371. The van der Waals surface area contributed by atoms with Crippen molar-refractivity contribution in [1.29, 1.82) is 0 Å². The number of nitrogens with zero attached hydrogens (tertiary/aromatic N) is 4. The minimum absolute atomic E-state index is 0.171. The predicted octanol–water partition coefficient (Wildman–Crippen LogP) is 1.63. The first-order valence-corrected chi connectivity index (χ1v) is 10.6. The van der Waals surface area contributed by atoms with Crippen LogP contribution in [-0.2, 0) is 9.53 Å². The van der Waals surface area contributed by atoms with E-state index in [-0.39, 0.29) is 17.6 Å². The van der Waals surface area contributed by atoms with Gasteiger partial charge < -0.3 is 19.4 Å². The van der Waals surface area contributed by atoms with E-state index in [9.17, 15) is 9.59 Å². The van der Waals surface area contributed by atoms with E-state index in [4.69, 9.17) is 4.74 Å². The molecule has 0 aliphatic carbocycles. The van der Waals surface area contributed by atoms with Crippen LogP contribution in [0.25, 0.3) is 0 Å². The molecule has 1 spiro atoms. The summed E-state index contributed by atoms with van der Waals surface area (Å²) in [7, 11) is 0. The van der Waals surface area contributed by atoms with Gasteiger partial charge in [-0.3, -0.25) is 9.69 Å². The van der Waals surface area contributed by atoms with Crippen LogP contribution in [0.5, 0.6) is 0 Å². The first kappa shape index (κ1) is 20.4. The summed E-state index contributed by atoms with van der Waals surface area (Å²) in [4.78, 5) is 33.0. The largest absolute Gasteiger partial charge is 0.441 e. The zero-order valence-electron chi connectivity index (χ0n) is 17.3. The Balaban J connectivity index is 1.38. The van der Waals surface area contributed by atoms with Gasteiger partial charge in [0.15, 0.2) is 0 Å². The number of ether oxygens (including phenoxy) is 1. The zero-order valence-corrected chi connectivity index (χ0v) is 17.3. The highest BCUT2D eigenvalue weighted by Gasteiger charge is 2.47. The van der Waals surface area contributed by atoms with Crippen molar-refractivity contribution in [1.82, 2.24) is 19.6 Å². The Morgan fingerprint density at radius 2 is 1.74 bits per heavy atom. The van der Waals surface area contributed by atoms with Gasteiger partial charge >= 0.3 is 6.09 Å². The lowest BCUT2D eigenvalue weighted by Crippen LogP contribution is -2.49. The summed E-state index contributed by atoms with van der Waals surface area (Å²) in [6.07, 6.45) is 2.89. The van der Waals surface area contributed by atoms with Crippen molar-refractivity contribution in [2.75, 3.05) is 58.9 Å². The normalized spacial score (nSPS) is 24.1. The number of carbonyl (C=O) groups excluding carboxylic acids is 2. The number of rotatable bonds is 6. The fourth-order valence-corrected chi connectivity index (χ4v) is 4.50. The summed E-state index contributed by atoms with van der Waals surface area (Å²) < 4.78 is 5.78. The van der Waals surface area contributed by atoms with Gasteiger partial charge in [0.05, 0.1) is 6.54 Å². The fraction of sp³-hybridized carbons (Fsp3) is 0.900. The van der Waals surface area contributed by atoms with Crippen LogP contribution in [-0.4, -0.2) is 102 Å². The number of carbonyl (C=O) groups is 2. The second kappa shape index (κ2) is 8.78. The molecule has 3 saturated heterocycles. The van der Waals surface area contributed by atoms with E-state index in [0.29, 0.717) is 32.1 Å². The molecule has 0 atom stereocenters. The molecule has 7 heteroatoms. The van der Waals surface area contributed by atoms with Crippen LogP contribution in [0.15, 0.2) is 0 Å². The second-order valence-electron chi connectivity index (χ2n) is 8.53. The van der Waals surface area contributed by atoms with Crippen LogP contribution in [0.1, 0.15) is 46.5 Å². The monoisotopic (exact) mass is 380 g/mol. The highest BCUT2D eigenvalue weighted by Crippen LogP contribution is 2.33. The van der Waals surface area contributed by atoms with E-state index in [1.165, 1.54) is 0 Å². The van der Waals surface area contributed by atoms with Gasteiger partial charge in [0, 0.05) is 71.1 Å². The fourth-order valence-electron chi connectivity index (χ4n) is 4.50. The van der Waals surface area contributed by atoms with Gasteiger partial charge in [-0.05, 0) is 26.8 Å². The molecule has 0 radical (unpaired) electrons. The average molecular weight is 381 g/mol. The maximum Gasteiger partial charge on any atom is 0.410 e. The van der Waals surface area contributed by atoms with Crippen molar-refractivity contribution in [3.05, 3.63) is 0 Å². The first-order valence-electron chi connectivity index (χ1n) is 10.6. The number of hydrogen-bond donors (Lipinski definition) is 0. The minimum Gasteiger partial charge on any atom is -0.441 e. The number of hydrogen-bond acceptors (Lipinski definition) is 5. The molecule has 0 N–H and O–H groups in total. The van der Waals surface area contributed by atoms with Crippen LogP contribution in [0.4, 0.5) is 4.79 Å². The molecule has 154 valence electrons. The summed E-state index contributed by atoms with van der Waals surface area (Å²) in [5, 5.41) is 0. The molecule has 2 amide bonds. The molecule has 0 aromatic carbocycles. The van der Waals surface area contributed by atoms with Crippen LogP contribution in [0.3, 0.4) is 0 Å². The smallest absolute Gasteiger partial charge is 0.410 e. The van der Waals surface area contributed by atoms with Gasteiger partial charge in [-0.15, -0.1) is 0 Å². The van der Waals surface area contributed by atoms with E-state index in [0.717, 1.165) is 58.5 Å². The summed E-state index contributed by atoms with van der Waals surface area (Å²) >= 11 is 0. The maximum absolute atomic E-state index is 12.3. The number of piperidine rings is 1. The van der Waals surface area contributed by atoms with Crippen molar-refractivity contribution in [3.63, 3.8) is 0 Å². The molecular weight excluding hydrogens is 344 g/mol. The van der Waals surface area contributed by atoms with Crippen molar-refractivity contribution >= 4 is 12.0 Å². The SMILES string of the molecule is CCC(=O)N1CCC2(CC1)CN(CCCN1CCN(C(C)C)CC1)C(=O)O2. The standard InChI is InChI=1S/C20H36N4O3/c1-4-18(25)23-10-6-20(7-11-23)16-24(19(26)27-20)9-5-8-21-12-14-22(15-13-21)17(2)3/h17H,4-16H2,1-3H3. The van der Waals surface area contributed by atoms with Crippen molar-refractivity contribution in [2.45, 2.75) is 58.1 Å². The van der Waals surface area contributed by atoms with Crippen LogP contribution in [0.2, 0.25) is 0 Å². The third-order valence-electron chi connectivity index (χ3n) is 6.41. The average Bonchev–Trinajstić information content (AvgIpc) is 2.97. The van der Waals surface area contributed by atoms with Gasteiger partial charge in [0.1, 0.15) is 5.60 Å². The molecule has 0 aromatic heterocycles. The highest BCUT2D eigenvalue weighted by molar-refractivity contribution is 5.76. The van der Waals surface area contributed by atoms with Crippen molar-refractivity contribution in [3.8, 4) is 0 Å². The molecule has 27 heavy (non-hydrogen) atoms. The highest BCUT2D eigenvalue weighted by atomic mass is 16.6. The molecule has 0 saturated carbocycles. The van der Waals surface area contributed by atoms with E-state index >= 15 is 0 Å². The Morgan fingerprint density at radius 1 is 1.07 bits per heavy atom. The van der Waals surface area contributed by atoms with E-state index < -0.39 is 0 Å². The number of likely N-dealkylation sites (tertiary alicyclic amines) is 1. The molecule has 3 heterocycles. The predicted molar refractivity (Wildman–Crippen MR) is 105 cm³/mol. The molecule has 0 aromatic rings. The summed E-state index contributed by atoms with van der Waals surface area (Å²) in [6.45, 7) is 14.8. The van der Waals surface area contributed by atoms with E-state index in [1.807, 2.05) is 16.7 Å². The Morgan fingerprint density at radius 3 is 2.33 bits per heavy atom. The van der Waals surface area contributed by atoms with Crippen LogP contribution >= 0.6 is 0 Å². The van der Waals surface area contributed by atoms with Crippen molar-refractivity contribution in [2.24, 2.45) is 0 Å². The Bertz CT molecular complexity index is 523. The van der Waals surface area contributed by atoms with Gasteiger partial charge in [-0.1, -0.05) is 6.92 Å². The van der Waals surface area contributed by atoms with Gasteiger partial charge in [0.2, 0.25) is 5.91 Å². The van der Waals surface area contributed by atoms with Crippen LogP contribution in [0, 0.1) is 0 Å². The van der Waals surface area contributed by atoms with E-state index in [1.54, 1.807) is 0 Å². The molecule has 3 aliphatic rings. The van der Waals surface area contributed by atoms with Gasteiger partial charge in [-0.2, -0.15) is 0 Å². The lowest BCUT2D eigenvalue weighted by atomic mass is 9.91. The molecule has 3 fully saturated rings. The zero-order chi connectivity index (χ0) is 19.4. The minimum atomic E-state index is -0.371. The van der Waals surface area contributed by atoms with Gasteiger partial charge in [-0.25, -0.2) is 4.79 Å². The van der Waals surface area contributed by atoms with Crippen molar-refractivity contribution < 1.29 is 14.3 Å². The van der Waals surface area contributed by atoms with Gasteiger partial charge in [0.25, 0.3) is 0 Å². The topological polar surface area (TPSA) is 56.3 Å². The maximum atomic E-state index is 12.3. The second-order valence-corrected chi connectivity index (χ2v) is 8.53. The third-order valence-corrected chi connectivity index (χ3v) is 6.41. The Hall–Kier alpha value is -1.34. The molecular formula is C20H36N4O3. The molecule has 0 unspecified atom stereocenters. The number of piperazine rings is 1. The quantitative estimate of drug-likeness (QED) is 0.701. The Kier molecular flexibility index (Phi) is 6.63.